The number of nitrogens with one attached hydrogen (secondary N) is 2. The Morgan fingerprint density at radius 2 is 1.85 bits per heavy atom. The fourth-order valence-corrected chi connectivity index (χ4v) is 4.05. The summed E-state index contributed by atoms with van der Waals surface area (Å²) in [5.74, 6) is 1.94. The quantitative estimate of drug-likeness (QED) is 0.610. The minimum absolute atomic E-state index is 0.178. The minimum atomic E-state index is -0.528. The molecule has 0 atom stereocenters. The predicted octanol–water partition coefficient (Wildman–Crippen LogP) is 5.08. The van der Waals surface area contributed by atoms with Gasteiger partial charge in [0.1, 0.15) is 22.9 Å². The molecule has 1 aromatic heterocycles. The molecule has 186 valence electrons. The molecular formula is C26H37N3O5. The van der Waals surface area contributed by atoms with E-state index in [0.29, 0.717) is 43.0 Å². The highest BCUT2D eigenvalue weighted by Crippen LogP contribution is 2.36. The number of piperidine rings is 1. The average molecular weight is 472 g/mol. The van der Waals surface area contributed by atoms with Gasteiger partial charge in [0.05, 0.1) is 18.4 Å². The van der Waals surface area contributed by atoms with Crippen LogP contribution in [0, 0.1) is 0 Å². The Morgan fingerprint density at radius 1 is 1.18 bits per heavy atom. The van der Waals surface area contributed by atoms with Crippen molar-refractivity contribution >= 4 is 17.7 Å². The van der Waals surface area contributed by atoms with Crippen LogP contribution >= 0.6 is 0 Å². The largest absolute Gasteiger partial charge is 0.496 e. The first-order valence-electron chi connectivity index (χ1n) is 11.8. The number of hydrogen-bond donors (Lipinski definition) is 2. The number of carbonyl (C=O) groups is 2. The number of methoxy groups -OCH3 is 1. The molecule has 1 aliphatic heterocycles. The van der Waals surface area contributed by atoms with Crippen LogP contribution in [0.5, 0.6) is 5.75 Å². The SMILES string of the molecule is CCc1oc(-c2ccc(C(=O)NC3(C)CCN(C(=O)OC(C)(C)C)CC3)cc2OC)cc1NC. The lowest BCUT2D eigenvalue weighted by Gasteiger charge is -2.40. The average Bonchev–Trinajstić information content (AvgIpc) is 3.21. The number of rotatable bonds is 6. The number of anilines is 1. The Hall–Kier alpha value is -3.16. The van der Waals surface area contributed by atoms with Crippen molar-refractivity contribution in [1.29, 1.82) is 0 Å². The third-order valence-electron chi connectivity index (χ3n) is 6.06. The van der Waals surface area contributed by atoms with E-state index in [1.54, 1.807) is 24.1 Å². The minimum Gasteiger partial charge on any atom is -0.496 e. The van der Waals surface area contributed by atoms with Gasteiger partial charge in [0.15, 0.2) is 0 Å². The van der Waals surface area contributed by atoms with Gasteiger partial charge in [-0.15, -0.1) is 0 Å². The van der Waals surface area contributed by atoms with Crippen LogP contribution in [0.2, 0.25) is 0 Å². The smallest absolute Gasteiger partial charge is 0.410 e. The van der Waals surface area contributed by atoms with Gasteiger partial charge in [0, 0.05) is 43.7 Å². The summed E-state index contributed by atoms with van der Waals surface area (Å²) in [5, 5.41) is 6.30. The molecule has 34 heavy (non-hydrogen) atoms. The Labute approximate surface area is 202 Å². The Balaban J connectivity index is 1.69. The molecule has 1 aromatic carbocycles. The van der Waals surface area contributed by atoms with Gasteiger partial charge in [-0.1, -0.05) is 6.92 Å². The third-order valence-corrected chi connectivity index (χ3v) is 6.06. The van der Waals surface area contributed by atoms with Gasteiger partial charge in [-0.3, -0.25) is 4.79 Å². The van der Waals surface area contributed by atoms with Crippen LogP contribution in [0.4, 0.5) is 10.5 Å². The van der Waals surface area contributed by atoms with E-state index in [9.17, 15) is 9.59 Å². The summed E-state index contributed by atoms with van der Waals surface area (Å²) in [6, 6.07) is 7.30. The highest BCUT2D eigenvalue weighted by molar-refractivity contribution is 5.96. The topological polar surface area (TPSA) is 93.0 Å². The molecule has 0 radical (unpaired) electrons. The molecule has 3 rings (SSSR count). The lowest BCUT2D eigenvalue weighted by atomic mass is 9.89. The van der Waals surface area contributed by atoms with E-state index in [4.69, 9.17) is 13.9 Å². The number of carbonyl (C=O) groups excluding carboxylic acids is 2. The number of aryl methyl sites for hydroxylation is 1. The first kappa shape index (κ1) is 25.5. The van der Waals surface area contributed by atoms with Crippen molar-refractivity contribution in [3.8, 4) is 17.1 Å². The Kier molecular flexibility index (Phi) is 7.48. The second-order valence-electron chi connectivity index (χ2n) is 9.95. The maximum Gasteiger partial charge on any atom is 0.410 e. The number of hydrogen-bond acceptors (Lipinski definition) is 6. The highest BCUT2D eigenvalue weighted by atomic mass is 16.6. The summed E-state index contributed by atoms with van der Waals surface area (Å²) in [5.41, 5.74) is 1.28. The van der Waals surface area contributed by atoms with Crippen molar-refractivity contribution in [3.63, 3.8) is 0 Å². The van der Waals surface area contributed by atoms with Crippen molar-refractivity contribution in [2.24, 2.45) is 0 Å². The van der Waals surface area contributed by atoms with Crippen LogP contribution in [-0.4, -0.2) is 55.3 Å². The standard InChI is InChI=1S/C26H37N3O5/c1-8-20-19(27-6)16-22(33-20)18-10-9-17(15-21(18)32-7)23(30)28-26(5)11-13-29(14-12-26)24(31)34-25(2,3)4/h9-10,15-16,27H,8,11-14H2,1-7H3,(H,28,30). The lowest BCUT2D eigenvalue weighted by molar-refractivity contribution is 0.0160. The zero-order valence-electron chi connectivity index (χ0n) is 21.3. The van der Waals surface area contributed by atoms with E-state index in [0.717, 1.165) is 23.4 Å². The van der Waals surface area contributed by atoms with Crippen molar-refractivity contribution in [1.82, 2.24) is 10.2 Å². The lowest BCUT2D eigenvalue weighted by Crippen LogP contribution is -2.54. The molecule has 8 nitrogen and oxygen atoms in total. The summed E-state index contributed by atoms with van der Waals surface area (Å²) in [7, 11) is 3.44. The molecular weight excluding hydrogens is 434 g/mol. The van der Waals surface area contributed by atoms with Crippen molar-refractivity contribution in [2.45, 2.75) is 65.0 Å². The summed E-state index contributed by atoms with van der Waals surface area (Å²) in [6.07, 6.45) is 1.74. The Morgan fingerprint density at radius 3 is 2.38 bits per heavy atom. The monoisotopic (exact) mass is 471 g/mol. The maximum absolute atomic E-state index is 13.1. The van der Waals surface area contributed by atoms with Crippen molar-refractivity contribution < 1.29 is 23.5 Å². The van der Waals surface area contributed by atoms with Gasteiger partial charge in [0.25, 0.3) is 5.91 Å². The number of likely N-dealkylation sites (tertiary alicyclic amines) is 1. The molecule has 1 fully saturated rings. The predicted molar refractivity (Wildman–Crippen MR) is 133 cm³/mol. The molecule has 1 aliphatic rings. The highest BCUT2D eigenvalue weighted by Gasteiger charge is 2.35. The molecule has 2 amide bonds. The van der Waals surface area contributed by atoms with E-state index in [1.807, 2.05) is 53.8 Å². The molecule has 0 unspecified atom stereocenters. The molecule has 0 aliphatic carbocycles. The third kappa shape index (κ3) is 5.85. The summed E-state index contributed by atoms with van der Waals surface area (Å²) >= 11 is 0. The second kappa shape index (κ2) is 9.99. The van der Waals surface area contributed by atoms with Gasteiger partial charge in [-0.2, -0.15) is 0 Å². The molecule has 0 saturated carbocycles. The maximum atomic E-state index is 13.1. The van der Waals surface area contributed by atoms with Gasteiger partial charge < -0.3 is 29.4 Å². The van der Waals surface area contributed by atoms with Gasteiger partial charge in [0.2, 0.25) is 0 Å². The first-order chi connectivity index (χ1) is 16.0. The second-order valence-corrected chi connectivity index (χ2v) is 9.95. The molecule has 8 heteroatoms. The zero-order chi connectivity index (χ0) is 25.1. The van der Waals surface area contributed by atoms with Crippen LogP contribution < -0.4 is 15.4 Å². The van der Waals surface area contributed by atoms with E-state index < -0.39 is 11.1 Å². The molecule has 0 spiro atoms. The van der Waals surface area contributed by atoms with Crippen molar-refractivity contribution in [2.75, 3.05) is 32.6 Å². The van der Waals surface area contributed by atoms with Crippen LogP contribution in [0.3, 0.4) is 0 Å². The number of amides is 2. The van der Waals surface area contributed by atoms with E-state index in [1.165, 1.54) is 0 Å². The molecule has 0 bridgehead atoms. The van der Waals surface area contributed by atoms with E-state index in [-0.39, 0.29) is 12.0 Å². The van der Waals surface area contributed by atoms with Gasteiger partial charge >= 0.3 is 6.09 Å². The molecule has 2 heterocycles. The summed E-state index contributed by atoms with van der Waals surface area (Å²) < 4.78 is 17.0. The van der Waals surface area contributed by atoms with Crippen molar-refractivity contribution in [3.05, 3.63) is 35.6 Å². The summed E-state index contributed by atoms with van der Waals surface area (Å²) in [6.45, 7) is 10.7. The normalized spacial score (nSPS) is 15.6. The molecule has 1 saturated heterocycles. The Bertz CT molecular complexity index is 1010. The van der Waals surface area contributed by atoms with Gasteiger partial charge in [-0.25, -0.2) is 4.79 Å². The molecule has 2 aromatic rings. The van der Waals surface area contributed by atoms with Crippen LogP contribution in [0.15, 0.2) is 28.7 Å². The van der Waals surface area contributed by atoms with E-state index in [2.05, 4.69) is 10.6 Å². The fraction of sp³-hybridized carbons (Fsp3) is 0.538. The van der Waals surface area contributed by atoms with Gasteiger partial charge in [-0.05, 0) is 58.7 Å². The number of nitrogens with zero attached hydrogens (tertiary/aromatic N) is 1. The van der Waals surface area contributed by atoms with Crippen LogP contribution in [0.1, 0.15) is 63.6 Å². The van der Waals surface area contributed by atoms with E-state index >= 15 is 0 Å². The van der Waals surface area contributed by atoms with Crippen LogP contribution in [0.25, 0.3) is 11.3 Å². The first-order valence-corrected chi connectivity index (χ1v) is 11.8. The number of ether oxygens (including phenoxy) is 2. The summed E-state index contributed by atoms with van der Waals surface area (Å²) in [4.78, 5) is 27.1. The zero-order valence-corrected chi connectivity index (χ0v) is 21.3. The van der Waals surface area contributed by atoms with Crippen LogP contribution in [-0.2, 0) is 11.2 Å². The number of furan rings is 1. The fourth-order valence-electron chi connectivity index (χ4n) is 4.05. The molecule has 2 N–H and O–H groups in total. The number of benzene rings is 1.